The highest BCUT2D eigenvalue weighted by Gasteiger charge is 2.14. The lowest BCUT2D eigenvalue weighted by Gasteiger charge is -2.08. The summed E-state index contributed by atoms with van der Waals surface area (Å²) < 4.78 is 31.5. The van der Waals surface area contributed by atoms with Crippen molar-refractivity contribution in [1.29, 1.82) is 0 Å². The van der Waals surface area contributed by atoms with E-state index in [0.29, 0.717) is 5.39 Å². The SMILES string of the molecule is CNc1cccc2c(S(=O)(=O)O)cccc12.O=Cc1ccccc1. The first-order valence-electron chi connectivity index (χ1n) is 7.14. The Kier molecular flexibility index (Phi) is 5.68. The Morgan fingerprint density at radius 2 is 1.50 bits per heavy atom. The zero-order valence-corrected chi connectivity index (χ0v) is 13.8. The Bertz CT molecular complexity index is 938. The number of hydrogen-bond donors (Lipinski definition) is 2. The van der Waals surface area contributed by atoms with Crippen molar-refractivity contribution in [3.63, 3.8) is 0 Å². The molecule has 0 saturated heterocycles. The lowest BCUT2D eigenvalue weighted by Crippen LogP contribution is -1.99. The second-order valence-corrected chi connectivity index (χ2v) is 6.30. The van der Waals surface area contributed by atoms with Crippen LogP contribution in [-0.4, -0.2) is 26.3 Å². The van der Waals surface area contributed by atoms with Crippen molar-refractivity contribution in [2.45, 2.75) is 4.90 Å². The van der Waals surface area contributed by atoms with Gasteiger partial charge in [0.2, 0.25) is 0 Å². The van der Waals surface area contributed by atoms with Gasteiger partial charge in [-0.05, 0) is 12.1 Å². The number of carbonyl (C=O) groups excluding carboxylic acids is 1. The molecule has 0 radical (unpaired) electrons. The Labute approximate surface area is 140 Å². The summed E-state index contributed by atoms with van der Waals surface area (Å²) in [6.07, 6.45) is 0.833. The van der Waals surface area contributed by atoms with Crippen molar-refractivity contribution in [3.05, 3.63) is 72.3 Å². The van der Waals surface area contributed by atoms with Crippen LogP contribution in [0.15, 0.2) is 71.6 Å². The average Bonchev–Trinajstić information content (AvgIpc) is 2.61. The average molecular weight is 343 g/mol. The molecule has 3 rings (SSSR count). The van der Waals surface area contributed by atoms with Gasteiger partial charge in [0.25, 0.3) is 10.1 Å². The zero-order valence-electron chi connectivity index (χ0n) is 13.0. The lowest BCUT2D eigenvalue weighted by atomic mass is 10.1. The first kappa shape index (κ1) is 17.7. The smallest absolute Gasteiger partial charge is 0.295 e. The van der Waals surface area contributed by atoms with Crippen LogP contribution in [-0.2, 0) is 10.1 Å². The van der Waals surface area contributed by atoms with Crippen molar-refractivity contribution >= 4 is 32.9 Å². The number of nitrogens with one attached hydrogen (secondary N) is 1. The maximum Gasteiger partial charge on any atom is 0.295 e. The first-order chi connectivity index (χ1) is 11.5. The van der Waals surface area contributed by atoms with Gasteiger partial charge in [-0.2, -0.15) is 8.42 Å². The number of benzene rings is 3. The maximum absolute atomic E-state index is 11.2. The number of hydrogen-bond acceptors (Lipinski definition) is 4. The van der Waals surface area contributed by atoms with Crippen LogP contribution in [0, 0.1) is 0 Å². The van der Waals surface area contributed by atoms with E-state index >= 15 is 0 Å². The van der Waals surface area contributed by atoms with Crippen molar-refractivity contribution in [2.75, 3.05) is 12.4 Å². The molecule has 124 valence electrons. The number of rotatable bonds is 3. The molecule has 0 aliphatic rings. The fraction of sp³-hybridized carbons (Fsp3) is 0.0556. The highest BCUT2D eigenvalue weighted by Crippen LogP contribution is 2.28. The summed E-state index contributed by atoms with van der Waals surface area (Å²) in [5.74, 6) is 0. The number of aldehydes is 1. The quantitative estimate of drug-likeness (QED) is 0.560. The van der Waals surface area contributed by atoms with Crippen LogP contribution in [0.4, 0.5) is 5.69 Å². The second kappa shape index (κ2) is 7.72. The Balaban J connectivity index is 0.000000219. The summed E-state index contributed by atoms with van der Waals surface area (Å²) >= 11 is 0. The number of anilines is 1. The van der Waals surface area contributed by atoms with Gasteiger partial charge in [0, 0.05) is 29.1 Å². The van der Waals surface area contributed by atoms with Gasteiger partial charge in [0.1, 0.15) is 11.2 Å². The van der Waals surface area contributed by atoms with E-state index < -0.39 is 10.1 Å². The van der Waals surface area contributed by atoms with Gasteiger partial charge in [-0.3, -0.25) is 9.35 Å². The molecule has 24 heavy (non-hydrogen) atoms. The molecule has 6 heteroatoms. The summed E-state index contributed by atoms with van der Waals surface area (Å²) in [6, 6.07) is 19.1. The second-order valence-electron chi connectivity index (χ2n) is 4.91. The van der Waals surface area contributed by atoms with Gasteiger partial charge < -0.3 is 5.32 Å². The van der Waals surface area contributed by atoms with E-state index in [0.717, 1.165) is 22.9 Å². The van der Waals surface area contributed by atoms with E-state index in [1.165, 1.54) is 6.07 Å². The molecule has 0 aliphatic heterocycles. The van der Waals surface area contributed by atoms with Crippen molar-refractivity contribution in [1.82, 2.24) is 0 Å². The van der Waals surface area contributed by atoms with Crippen LogP contribution in [0.1, 0.15) is 10.4 Å². The van der Waals surface area contributed by atoms with Gasteiger partial charge >= 0.3 is 0 Å². The monoisotopic (exact) mass is 343 g/mol. The number of fused-ring (bicyclic) bond motifs is 1. The van der Waals surface area contributed by atoms with Gasteiger partial charge in [0.15, 0.2) is 0 Å². The maximum atomic E-state index is 11.2. The summed E-state index contributed by atoms with van der Waals surface area (Å²) in [7, 11) is -2.42. The Hall–Kier alpha value is -2.70. The predicted molar refractivity (Wildman–Crippen MR) is 95.1 cm³/mol. The van der Waals surface area contributed by atoms with Crippen LogP contribution < -0.4 is 5.32 Å². The highest BCUT2D eigenvalue weighted by molar-refractivity contribution is 7.86. The molecule has 0 heterocycles. The highest BCUT2D eigenvalue weighted by atomic mass is 32.2. The van der Waals surface area contributed by atoms with Gasteiger partial charge in [-0.15, -0.1) is 0 Å². The molecule has 5 nitrogen and oxygen atoms in total. The van der Waals surface area contributed by atoms with Crippen molar-refractivity contribution < 1.29 is 17.8 Å². The lowest BCUT2D eigenvalue weighted by molar-refractivity contribution is 0.112. The molecule has 0 unspecified atom stereocenters. The molecule has 0 atom stereocenters. The topological polar surface area (TPSA) is 83.5 Å². The van der Waals surface area contributed by atoms with E-state index in [1.54, 1.807) is 43.4 Å². The molecule has 0 aliphatic carbocycles. The summed E-state index contributed by atoms with van der Waals surface area (Å²) in [6.45, 7) is 0. The molecule has 0 fully saturated rings. The molecule has 0 saturated carbocycles. The molecular formula is C18H17NO4S. The van der Waals surface area contributed by atoms with E-state index in [2.05, 4.69) is 5.32 Å². The standard InChI is InChI=1S/C11H11NO3S.C7H6O/c1-12-10-6-2-5-9-8(10)4-3-7-11(9)16(13,14)15;8-6-7-4-2-1-3-5-7/h2-7,12H,1H3,(H,13,14,15);1-6H. The molecule has 3 aromatic rings. The third kappa shape index (κ3) is 4.18. The first-order valence-corrected chi connectivity index (χ1v) is 8.58. The molecule has 0 aromatic heterocycles. The van der Waals surface area contributed by atoms with Gasteiger partial charge in [0.05, 0.1) is 0 Å². The minimum absolute atomic E-state index is 0.0675. The van der Waals surface area contributed by atoms with Crippen LogP contribution in [0.3, 0.4) is 0 Å². The predicted octanol–water partition coefficient (Wildman–Crippen LogP) is 3.63. The molecule has 0 amide bonds. The fourth-order valence-corrected chi connectivity index (χ4v) is 2.96. The van der Waals surface area contributed by atoms with E-state index in [1.807, 2.05) is 24.3 Å². The normalized spacial score (nSPS) is 10.6. The summed E-state index contributed by atoms with van der Waals surface area (Å²) in [5, 5.41) is 4.25. The van der Waals surface area contributed by atoms with E-state index in [9.17, 15) is 13.2 Å². The van der Waals surface area contributed by atoms with Crippen LogP contribution in [0.25, 0.3) is 10.8 Å². The van der Waals surface area contributed by atoms with Crippen LogP contribution in [0.5, 0.6) is 0 Å². The fourth-order valence-electron chi connectivity index (χ4n) is 2.26. The largest absolute Gasteiger partial charge is 0.388 e. The third-order valence-electron chi connectivity index (χ3n) is 3.36. The van der Waals surface area contributed by atoms with Crippen LogP contribution >= 0.6 is 0 Å². The van der Waals surface area contributed by atoms with Gasteiger partial charge in [-0.25, -0.2) is 0 Å². The Morgan fingerprint density at radius 1 is 0.875 bits per heavy atom. The van der Waals surface area contributed by atoms with E-state index in [4.69, 9.17) is 4.55 Å². The minimum atomic E-state index is -4.18. The summed E-state index contributed by atoms with van der Waals surface area (Å²) in [4.78, 5) is 9.94. The summed E-state index contributed by atoms with van der Waals surface area (Å²) in [5.41, 5.74) is 1.55. The van der Waals surface area contributed by atoms with Crippen LogP contribution in [0.2, 0.25) is 0 Å². The zero-order chi connectivity index (χ0) is 17.6. The Morgan fingerprint density at radius 3 is 2.04 bits per heavy atom. The molecule has 0 bridgehead atoms. The molecule has 2 N–H and O–H groups in total. The van der Waals surface area contributed by atoms with E-state index in [-0.39, 0.29) is 4.90 Å². The van der Waals surface area contributed by atoms with Gasteiger partial charge in [-0.1, -0.05) is 54.6 Å². The van der Waals surface area contributed by atoms with Crippen molar-refractivity contribution in [2.24, 2.45) is 0 Å². The number of carbonyl (C=O) groups is 1. The minimum Gasteiger partial charge on any atom is -0.388 e. The van der Waals surface area contributed by atoms with Crippen molar-refractivity contribution in [3.8, 4) is 0 Å². The molecule has 0 spiro atoms. The molecular weight excluding hydrogens is 326 g/mol. The molecule has 3 aromatic carbocycles. The third-order valence-corrected chi connectivity index (χ3v) is 4.28.